The molecule has 1 heterocycles. The minimum atomic E-state index is -4.75. The summed E-state index contributed by atoms with van der Waals surface area (Å²) >= 11 is 0. The molecule has 2 aromatic rings. The molecule has 0 bridgehead atoms. The maximum atomic E-state index is 12.4. The van der Waals surface area contributed by atoms with E-state index in [2.05, 4.69) is 15.0 Å². The highest BCUT2D eigenvalue weighted by atomic mass is 19.4. The first-order valence-electron chi connectivity index (χ1n) is 8.80. The zero-order valence-electron chi connectivity index (χ0n) is 15.2. The van der Waals surface area contributed by atoms with Crippen LogP contribution in [0.15, 0.2) is 42.5 Å². The Morgan fingerprint density at radius 3 is 2.29 bits per heavy atom. The highest BCUT2D eigenvalue weighted by Crippen LogP contribution is 2.33. The number of benzene rings is 2. The Hall–Kier alpha value is -2.65. The molecule has 0 saturated carbocycles. The fourth-order valence-electron chi connectivity index (χ4n) is 3.40. The van der Waals surface area contributed by atoms with Gasteiger partial charge >= 0.3 is 6.36 Å². The van der Waals surface area contributed by atoms with Crippen LogP contribution in [0.1, 0.15) is 22.7 Å². The molecule has 0 aliphatic carbocycles. The summed E-state index contributed by atoms with van der Waals surface area (Å²) in [7, 11) is 0. The van der Waals surface area contributed by atoms with Crippen molar-refractivity contribution in [2.24, 2.45) is 0 Å². The standard InChI is InChI=1S/C19H20F3N3O3/c1-13-2-3-15(12-17(13)25(26)27)18(24-10-8-23-9-11-24)14-4-6-16(7-5-14)28-19(20,21)22/h2-7,12,18,23H,8-11H2,1H3/t18-/m1/s1. The number of piperazine rings is 1. The number of hydrogen-bond acceptors (Lipinski definition) is 5. The fraction of sp³-hybridized carbons (Fsp3) is 0.368. The second-order valence-corrected chi connectivity index (χ2v) is 6.61. The van der Waals surface area contributed by atoms with Gasteiger partial charge in [0.2, 0.25) is 0 Å². The van der Waals surface area contributed by atoms with Gasteiger partial charge in [-0.1, -0.05) is 24.3 Å². The number of aryl methyl sites for hydroxylation is 1. The van der Waals surface area contributed by atoms with Gasteiger partial charge in [-0.15, -0.1) is 13.2 Å². The minimum Gasteiger partial charge on any atom is -0.406 e. The normalized spacial score (nSPS) is 16.6. The van der Waals surface area contributed by atoms with E-state index >= 15 is 0 Å². The molecule has 1 atom stereocenters. The predicted molar refractivity (Wildman–Crippen MR) is 97.2 cm³/mol. The molecular weight excluding hydrogens is 375 g/mol. The zero-order valence-corrected chi connectivity index (χ0v) is 15.2. The van der Waals surface area contributed by atoms with Crippen molar-refractivity contribution in [2.75, 3.05) is 26.2 Å². The van der Waals surface area contributed by atoms with E-state index in [9.17, 15) is 23.3 Å². The van der Waals surface area contributed by atoms with E-state index in [1.807, 2.05) is 6.07 Å². The number of nitro groups is 1. The van der Waals surface area contributed by atoms with E-state index in [1.165, 1.54) is 12.1 Å². The summed E-state index contributed by atoms with van der Waals surface area (Å²) < 4.78 is 41.2. The van der Waals surface area contributed by atoms with Crippen LogP contribution in [0.4, 0.5) is 18.9 Å². The third kappa shape index (κ3) is 4.79. The van der Waals surface area contributed by atoms with Crippen molar-refractivity contribution in [3.05, 3.63) is 69.3 Å². The molecule has 0 aromatic heterocycles. The number of alkyl halides is 3. The number of nitro benzene ring substituents is 1. The molecule has 0 radical (unpaired) electrons. The molecule has 0 spiro atoms. The molecule has 9 heteroatoms. The Labute approximate surface area is 160 Å². The van der Waals surface area contributed by atoms with Gasteiger partial charge in [0.25, 0.3) is 5.69 Å². The summed E-state index contributed by atoms with van der Waals surface area (Å²) in [5, 5.41) is 14.6. The molecule has 2 aromatic carbocycles. The molecule has 0 amide bonds. The second kappa shape index (κ2) is 8.15. The number of rotatable bonds is 5. The Morgan fingerprint density at radius 1 is 1.11 bits per heavy atom. The van der Waals surface area contributed by atoms with Gasteiger partial charge in [-0.05, 0) is 30.2 Å². The first-order chi connectivity index (χ1) is 13.2. The number of nitrogens with zero attached hydrogens (tertiary/aromatic N) is 2. The Bertz CT molecular complexity index is 835. The summed E-state index contributed by atoms with van der Waals surface area (Å²) in [6, 6.07) is 10.4. The van der Waals surface area contributed by atoms with Crippen molar-refractivity contribution in [3.63, 3.8) is 0 Å². The van der Waals surface area contributed by atoms with Gasteiger partial charge in [0.15, 0.2) is 0 Å². The first-order valence-corrected chi connectivity index (χ1v) is 8.80. The third-order valence-electron chi connectivity index (χ3n) is 4.69. The Morgan fingerprint density at radius 2 is 1.71 bits per heavy atom. The maximum absolute atomic E-state index is 12.4. The van der Waals surface area contributed by atoms with Crippen LogP contribution in [0.5, 0.6) is 5.75 Å². The molecule has 6 nitrogen and oxygen atoms in total. The summed E-state index contributed by atoms with van der Waals surface area (Å²) in [5.41, 5.74) is 2.05. The molecule has 1 N–H and O–H groups in total. The van der Waals surface area contributed by atoms with Gasteiger partial charge in [0.05, 0.1) is 11.0 Å². The Balaban J connectivity index is 1.98. The highest BCUT2D eigenvalue weighted by molar-refractivity contribution is 5.46. The molecule has 1 aliphatic heterocycles. The fourth-order valence-corrected chi connectivity index (χ4v) is 3.40. The van der Waals surface area contributed by atoms with E-state index in [1.54, 1.807) is 31.2 Å². The summed E-state index contributed by atoms with van der Waals surface area (Å²) in [4.78, 5) is 13.1. The molecule has 150 valence electrons. The van der Waals surface area contributed by atoms with Crippen LogP contribution in [0.25, 0.3) is 0 Å². The van der Waals surface area contributed by atoms with Crippen molar-refractivity contribution in [3.8, 4) is 5.75 Å². The lowest BCUT2D eigenvalue weighted by molar-refractivity contribution is -0.385. The smallest absolute Gasteiger partial charge is 0.406 e. The van der Waals surface area contributed by atoms with E-state index in [4.69, 9.17) is 0 Å². The number of nitrogens with one attached hydrogen (secondary N) is 1. The summed E-state index contributed by atoms with van der Waals surface area (Å²) in [5.74, 6) is -0.301. The van der Waals surface area contributed by atoms with E-state index in [0.29, 0.717) is 18.7 Å². The summed E-state index contributed by atoms with van der Waals surface area (Å²) in [6.07, 6.45) is -4.75. The molecule has 0 unspecified atom stereocenters. The monoisotopic (exact) mass is 395 g/mol. The van der Waals surface area contributed by atoms with Crippen molar-refractivity contribution < 1.29 is 22.8 Å². The Kier molecular flexibility index (Phi) is 5.85. The number of ether oxygens (including phenoxy) is 1. The third-order valence-corrected chi connectivity index (χ3v) is 4.69. The van der Waals surface area contributed by atoms with E-state index in [-0.39, 0.29) is 17.5 Å². The van der Waals surface area contributed by atoms with Gasteiger partial charge in [0.1, 0.15) is 5.75 Å². The first kappa shape index (κ1) is 20.1. The number of hydrogen-bond donors (Lipinski definition) is 1. The van der Waals surface area contributed by atoms with Crippen molar-refractivity contribution in [1.82, 2.24) is 10.2 Å². The lowest BCUT2D eigenvalue weighted by Crippen LogP contribution is -2.45. The topological polar surface area (TPSA) is 67.6 Å². The van der Waals surface area contributed by atoms with Gasteiger partial charge < -0.3 is 10.1 Å². The average molecular weight is 395 g/mol. The molecule has 1 fully saturated rings. The van der Waals surface area contributed by atoms with Gasteiger partial charge in [-0.25, -0.2) is 0 Å². The minimum absolute atomic E-state index is 0.0228. The second-order valence-electron chi connectivity index (χ2n) is 6.61. The van der Waals surface area contributed by atoms with Crippen LogP contribution < -0.4 is 10.1 Å². The van der Waals surface area contributed by atoms with Gasteiger partial charge in [-0.2, -0.15) is 0 Å². The van der Waals surface area contributed by atoms with Crippen LogP contribution in [-0.2, 0) is 0 Å². The van der Waals surface area contributed by atoms with Crippen LogP contribution >= 0.6 is 0 Å². The molecule has 1 saturated heterocycles. The average Bonchev–Trinajstić information content (AvgIpc) is 2.64. The van der Waals surface area contributed by atoms with Crippen LogP contribution in [-0.4, -0.2) is 42.4 Å². The highest BCUT2D eigenvalue weighted by Gasteiger charge is 2.31. The molecular formula is C19H20F3N3O3. The lowest BCUT2D eigenvalue weighted by atomic mass is 9.95. The summed E-state index contributed by atoms with van der Waals surface area (Å²) in [6.45, 7) is 4.63. The van der Waals surface area contributed by atoms with Crippen LogP contribution in [0.2, 0.25) is 0 Å². The molecule has 3 rings (SSSR count). The predicted octanol–water partition coefficient (Wildman–Crippen LogP) is 3.80. The zero-order chi connectivity index (χ0) is 20.3. The molecule has 1 aliphatic rings. The SMILES string of the molecule is Cc1ccc([C@@H](c2ccc(OC(F)(F)F)cc2)N2CCNCC2)cc1[N+](=O)[O-]. The van der Waals surface area contributed by atoms with Crippen molar-refractivity contribution in [1.29, 1.82) is 0 Å². The van der Waals surface area contributed by atoms with E-state index in [0.717, 1.165) is 24.2 Å². The molecule has 28 heavy (non-hydrogen) atoms. The lowest BCUT2D eigenvalue weighted by Gasteiger charge is -2.35. The quantitative estimate of drug-likeness (QED) is 0.616. The van der Waals surface area contributed by atoms with E-state index < -0.39 is 11.3 Å². The van der Waals surface area contributed by atoms with Gasteiger partial charge in [0, 0.05) is 37.8 Å². The van der Waals surface area contributed by atoms with Crippen molar-refractivity contribution >= 4 is 5.69 Å². The van der Waals surface area contributed by atoms with Crippen molar-refractivity contribution in [2.45, 2.75) is 19.3 Å². The number of halogens is 3. The van der Waals surface area contributed by atoms with Crippen LogP contribution in [0.3, 0.4) is 0 Å². The van der Waals surface area contributed by atoms with Gasteiger partial charge in [-0.3, -0.25) is 15.0 Å². The maximum Gasteiger partial charge on any atom is 0.573 e. The largest absolute Gasteiger partial charge is 0.573 e. The van der Waals surface area contributed by atoms with Crippen LogP contribution in [0, 0.1) is 17.0 Å².